The molecule has 1 atom stereocenters. The van der Waals surface area contributed by atoms with E-state index >= 15 is 0 Å². The number of benzene rings is 1. The van der Waals surface area contributed by atoms with Gasteiger partial charge in [0.05, 0.1) is 12.9 Å². The molecule has 4 nitrogen and oxygen atoms in total. The van der Waals surface area contributed by atoms with Crippen molar-refractivity contribution in [1.29, 1.82) is 0 Å². The molecule has 2 N–H and O–H groups in total. The molecule has 1 aliphatic rings. The van der Waals surface area contributed by atoms with Crippen molar-refractivity contribution in [1.82, 2.24) is 0 Å². The Morgan fingerprint density at radius 3 is 2.80 bits per heavy atom. The fraction of sp³-hybridized carbons (Fsp3) is 0.400. The molecule has 20 heavy (non-hydrogen) atoms. The van der Waals surface area contributed by atoms with E-state index < -0.39 is 0 Å². The molecule has 1 saturated heterocycles. The Kier molecular flexibility index (Phi) is 5.56. The van der Waals surface area contributed by atoms with Crippen LogP contribution in [0, 0.1) is 3.57 Å². The zero-order valence-electron chi connectivity index (χ0n) is 11.4. The average molecular weight is 387 g/mol. The number of ether oxygens (including phenoxy) is 1. The summed E-state index contributed by atoms with van der Waals surface area (Å²) in [4.78, 5) is 10.4. The second kappa shape index (κ2) is 7.19. The topological polar surface area (TPSA) is 65.5 Å². The first-order chi connectivity index (χ1) is 9.61. The summed E-state index contributed by atoms with van der Waals surface area (Å²) in [7, 11) is 0. The van der Waals surface area contributed by atoms with Crippen molar-refractivity contribution in [2.75, 3.05) is 13.2 Å². The number of carbonyl (C=O) groups is 1. The maximum Gasteiger partial charge on any atom is 0.163 e. The molecule has 108 valence electrons. The number of hydrogen-bond donors (Lipinski definition) is 1. The van der Waals surface area contributed by atoms with Gasteiger partial charge in [0.1, 0.15) is 11.7 Å². The van der Waals surface area contributed by atoms with Gasteiger partial charge in [0.2, 0.25) is 0 Å². The van der Waals surface area contributed by atoms with Crippen LogP contribution in [0.5, 0.6) is 0 Å². The monoisotopic (exact) mass is 387 g/mol. The lowest BCUT2D eigenvalue weighted by Crippen LogP contribution is -2.08. The minimum atomic E-state index is -0.125. The zero-order valence-corrected chi connectivity index (χ0v) is 13.6. The largest absolute Gasteiger partial charge is 0.464 e. The normalized spacial score (nSPS) is 18.1. The maximum atomic E-state index is 10.4. The van der Waals surface area contributed by atoms with E-state index in [-0.39, 0.29) is 11.9 Å². The molecular weight excluding hydrogens is 369 g/mol. The van der Waals surface area contributed by atoms with Gasteiger partial charge in [-0.25, -0.2) is 0 Å². The number of nitrogens with two attached hydrogens (primary N) is 1. The maximum absolute atomic E-state index is 10.4. The number of carbonyl (C=O) groups excluding carboxylic acids is 1. The summed E-state index contributed by atoms with van der Waals surface area (Å²) >= 11 is 2.27. The van der Waals surface area contributed by atoms with Gasteiger partial charge in [-0.3, -0.25) is 4.79 Å². The molecule has 1 unspecified atom stereocenters. The molecular formula is C15H18INO3. The number of hydrogen-bond acceptors (Lipinski definition) is 4. The molecule has 0 bridgehead atoms. The minimum Gasteiger partial charge on any atom is -0.464 e. The van der Waals surface area contributed by atoms with E-state index in [1.54, 1.807) is 13.2 Å². The minimum absolute atomic E-state index is 0.125. The lowest BCUT2D eigenvalue weighted by atomic mass is 10.1. The molecule has 0 radical (unpaired) electrons. The first kappa shape index (κ1) is 15.5. The summed E-state index contributed by atoms with van der Waals surface area (Å²) in [5.74, 6) is 0.236. The van der Waals surface area contributed by atoms with Gasteiger partial charge in [-0.15, -0.1) is 0 Å². The molecule has 2 aromatic rings. The number of ketones is 1. The molecule has 1 aliphatic heterocycles. The van der Waals surface area contributed by atoms with Crippen LogP contribution in [0.4, 0.5) is 0 Å². The Morgan fingerprint density at radius 1 is 1.45 bits per heavy atom. The Labute approximate surface area is 131 Å². The molecule has 5 heteroatoms. The van der Waals surface area contributed by atoms with E-state index in [9.17, 15) is 4.79 Å². The van der Waals surface area contributed by atoms with Gasteiger partial charge in [-0.2, -0.15) is 0 Å². The van der Waals surface area contributed by atoms with E-state index in [1.807, 2.05) is 6.07 Å². The number of halogens is 1. The van der Waals surface area contributed by atoms with Crippen LogP contribution in [0.15, 0.2) is 28.9 Å². The van der Waals surface area contributed by atoms with E-state index in [1.165, 1.54) is 14.5 Å². The van der Waals surface area contributed by atoms with Crippen LogP contribution >= 0.6 is 22.6 Å². The summed E-state index contributed by atoms with van der Waals surface area (Å²) in [5.41, 5.74) is 7.65. The van der Waals surface area contributed by atoms with Crippen molar-refractivity contribution < 1.29 is 13.9 Å². The van der Waals surface area contributed by atoms with Gasteiger partial charge in [-0.05, 0) is 66.2 Å². The molecule has 0 saturated carbocycles. The highest BCUT2D eigenvalue weighted by Crippen LogP contribution is 2.23. The van der Waals surface area contributed by atoms with Gasteiger partial charge < -0.3 is 14.9 Å². The van der Waals surface area contributed by atoms with Gasteiger partial charge in [0.25, 0.3) is 0 Å². The zero-order chi connectivity index (χ0) is 14.5. The van der Waals surface area contributed by atoms with E-state index in [0.29, 0.717) is 19.6 Å². The Morgan fingerprint density at radius 2 is 2.25 bits per heavy atom. The van der Waals surface area contributed by atoms with E-state index in [2.05, 4.69) is 34.7 Å². The van der Waals surface area contributed by atoms with Crippen LogP contribution in [0.25, 0.3) is 11.0 Å². The third-order valence-electron chi connectivity index (χ3n) is 3.20. The average Bonchev–Trinajstić information content (AvgIpc) is 2.98. The van der Waals surface area contributed by atoms with Gasteiger partial charge in [0, 0.05) is 15.4 Å². The summed E-state index contributed by atoms with van der Waals surface area (Å²) in [6.07, 6.45) is 3.17. The number of fused-ring (bicyclic) bond motifs is 1. The summed E-state index contributed by atoms with van der Waals surface area (Å²) < 4.78 is 11.5. The predicted octanol–water partition coefficient (Wildman–Crippen LogP) is 2.90. The van der Waals surface area contributed by atoms with E-state index in [4.69, 9.17) is 14.9 Å². The van der Waals surface area contributed by atoms with Crippen molar-refractivity contribution in [3.63, 3.8) is 0 Å². The van der Waals surface area contributed by atoms with E-state index in [0.717, 1.165) is 12.0 Å². The van der Waals surface area contributed by atoms with Crippen LogP contribution in [0.2, 0.25) is 0 Å². The van der Waals surface area contributed by atoms with Gasteiger partial charge >= 0.3 is 0 Å². The molecule has 3 rings (SSSR count). The molecule has 1 aromatic carbocycles. The smallest absolute Gasteiger partial charge is 0.163 e. The van der Waals surface area contributed by atoms with Crippen molar-refractivity contribution in [2.45, 2.75) is 25.9 Å². The molecule has 1 fully saturated rings. The van der Waals surface area contributed by atoms with Gasteiger partial charge in [0.15, 0.2) is 5.78 Å². The van der Waals surface area contributed by atoms with Crippen molar-refractivity contribution in [2.24, 2.45) is 5.73 Å². The fourth-order valence-corrected chi connectivity index (χ4v) is 2.50. The van der Waals surface area contributed by atoms with Gasteiger partial charge in [-0.1, -0.05) is 0 Å². The van der Waals surface area contributed by atoms with Crippen molar-refractivity contribution in [3.8, 4) is 0 Å². The van der Waals surface area contributed by atoms with Crippen LogP contribution in [0.1, 0.15) is 18.9 Å². The fourth-order valence-electron chi connectivity index (χ4n) is 2.04. The molecule has 2 heterocycles. The summed E-state index contributed by atoms with van der Waals surface area (Å²) in [5, 5.41) is 1.19. The second-order valence-corrected chi connectivity index (χ2v) is 5.92. The third-order valence-corrected chi connectivity index (χ3v) is 3.87. The first-order valence-corrected chi connectivity index (χ1v) is 7.69. The predicted molar refractivity (Wildman–Crippen MR) is 86.7 cm³/mol. The third kappa shape index (κ3) is 3.80. The second-order valence-electron chi connectivity index (χ2n) is 4.67. The van der Waals surface area contributed by atoms with Crippen LogP contribution in [-0.2, 0) is 16.0 Å². The lowest BCUT2D eigenvalue weighted by Gasteiger charge is -1.93. The highest BCUT2D eigenvalue weighted by atomic mass is 127. The standard InChI is InChI=1S/C10H10INO.C5H8O2/c11-8-1-2-9-7(3-4-12)6-13-10(9)5-8;1-4-5(6)2-3-7-4/h1-2,5-6H,3-4,12H2;4H,2-3H2,1H3. The quantitative estimate of drug-likeness (QED) is 0.805. The number of Topliss-reactive ketones (excluding diaryl/α,β-unsaturated/α-hetero) is 1. The molecule has 0 amide bonds. The molecule has 0 aliphatic carbocycles. The highest BCUT2D eigenvalue weighted by Gasteiger charge is 2.19. The molecule has 0 spiro atoms. The first-order valence-electron chi connectivity index (χ1n) is 6.62. The molecule has 1 aromatic heterocycles. The summed E-state index contributed by atoms with van der Waals surface area (Å²) in [6.45, 7) is 3.08. The number of rotatable bonds is 2. The Balaban J connectivity index is 0.000000178. The Hall–Kier alpha value is -0.920. The Bertz CT molecular complexity index is 594. The van der Waals surface area contributed by atoms with Crippen molar-refractivity contribution >= 4 is 39.3 Å². The van der Waals surface area contributed by atoms with Crippen LogP contribution in [-0.4, -0.2) is 25.0 Å². The van der Waals surface area contributed by atoms with Crippen LogP contribution in [0.3, 0.4) is 0 Å². The van der Waals surface area contributed by atoms with Crippen LogP contribution < -0.4 is 5.73 Å². The lowest BCUT2D eigenvalue weighted by molar-refractivity contribution is -0.121. The SMILES string of the molecule is CC1OCCC1=O.NCCc1coc2cc(I)ccc12. The summed E-state index contributed by atoms with van der Waals surface area (Å²) in [6, 6.07) is 6.21. The highest BCUT2D eigenvalue weighted by molar-refractivity contribution is 14.1. The van der Waals surface area contributed by atoms with Crippen molar-refractivity contribution in [3.05, 3.63) is 33.6 Å². The number of furan rings is 1.